The molecule has 21 heavy (non-hydrogen) atoms. The highest BCUT2D eigenvalue weighted by atomic mass is 16.5. The fraction of sp³-hybridized carbons (Fsp3) is 0.467. The molecule has 1 unspecified atom stereocenters. The first kappa shape index (κ1) is 15.3. The molecule has 2 amide bonds. The molecule has 0 bridgehead atoms. The molecule has 6 nitrogen and oxygen atoms in total. The van der Waals surface area contributed by atoms with Crippen molar-refractivity contribution in [2.24, 2.45) is 0 Å². The summed E-state index contributed by atoms with van der Waals surface area (Å²) >= 11 is 0. The summed E-state index contributed by atoms with van der Waals surface area (Å²) in [6.07, 6.45) is 0.253. The number of anilines is 1. The number of fused-ring (bicyclic) bond motifs is 1. The van der Waals surface area contributed by atoms with Gasteiger partial charge in [0.05, 0.1) is 5.69 Å². The van der Waals surface area contributed by atoms with E-state index in [0.717, 1.165) is 6.42 Å². The van der Waals surface area contributed by atoms with Gasteiger partial charge in [-0.1, -0.05) is 0 Å². The van der Waals surface area contributed by atoms with Crippen molar-refractivity contribution in [2.45, 2.75) is 19.4 Å². The minimum atomic E-state index is -0.503. The standard InChI is InChI=1S/C15H20N2O4/c1-10-15(19)17(2)12-9-11(5-6-13(12)21-10)14(18)16-7-4-8-20-3/h5-6,9-10H,4,7-8H2,1-3H3,(H,16,18). The lowest BCUT2D eigenvalue weighted by molar-refractivity contribution is -0.125. The van der Waals surface area contributed by atoms with Crippen molar-refractivity contribution in [3.05, 3.63) is 23.8 Å². The van der Waals surface area contributed by atoms with Gasteiger partial charge in [-0.2, -0.15) is 0 Å². The van der Waals surface area contributed by atoms with Crippen LogP contribution >= 0.6 is 0 Å². The molecular formula is C15H20N2O4. The Morgan fingerprint density at radius 2 is 2.24 bits per heavy atom. The summed E-state index contributed by atoms with van der Waals surface area (Å²) in [5.74, 6) is 0.314. The van der Waals surface area contributed by atoms with E-state index in [0.29, 0.717) is 30.2 Å². The highest BCUT2D eigenvalue weighted by molar-refractivity contribution is 6.02. The van der Waals surface area contributed by atoms with Crippen molar-refractivity contribution in [1.29, 1.82) is 0 Å². The minimum absolute atomic E-state index is 0.125. The van der Waals surface area contributed by atoms with Crippen LogP contribution in [0.5, 0.6) is 5.75 Å². The molecule has 0 aliphatic carbocycles. The van der Waals surface area contributed by atoms with Gasteiger partial charge in [0.25, 0.3) is 11.8 Å². The molecular weight excluding hydrogens is 272 g/mol. The largest absolute Gasteiger partial charge is 0.479 e. The van der Waals surface area contributed by atoms with Crippen LogP contribution in [0.25, 0.3) is 0 Å². The van der Waals surface area contributed by atoms with Gasteiger partial charge in [0.1, 0.15) is 5.75 Å². The van der Waals surface area contributed by atoms with Crippen LogP contribution in [-0.2, 0) is 9.53 Å². The Balaban J connectivity index is 2.10. The molecule has 0 saturated carbocycles. The molecule has 0 spiro atoms. The molecule has 2 rings (SSSR count). The summed E-state index contributed by atoms with van der Waals surface area (Å²) in [6.45, 7) is 2.86. The molecule has 1 aromatic carbocycles. The normalized spacial score (nSPS) is 17.2. The molecule has 1 heterocycles. The number of rotatable bonds is 5. The van der Waals surface area contributed by atoms with Gasteiger partial charge in [0.15, 0.2) is 6.10 Å². The van der Waals surface area contributed by atoms with Gasteiger partial charge < -0.3 is 19.7 Å². The van der Waals surface area contributed by atoms with E-state index < -0.39 is 6.10 Å². The third-order valence-corrected chi connectivity index (χ3v) is 3.38. The van der Waals surface area contributed by atoms with Crippen LogP contribution in [0.4, 0.5) is 5.69 Å². The lowest BCUT2D eigenvalue weighted by atomic mass is 10.1. The van der Waals surface area contributed by atoms with Gasteiger partial charge in [0.2, 0.25) is 0 Å². The average molecular weight is 292 g/mol. The second kappa shape index (κ2) is 6.58. The smallest absolute Gasteiger partial charge is 0.267 e. The van der Waals surface area contributed by atoms with E-state index in [4.69, 9.17) is 9.47 Å². The second-order valence-corrected chi connectivity index (χ2v) is 4.94. The predicted octanol–water partition coefficient (Wildman–Crippen LogP) is 1.20. The Morgan fingerprint density at radius 1 is 1.48 bits per heavy atom. The summed E-state index contributed by atoms with van der Waals surface area (Å²) in [7, 11) is 3.31. The first-order valence-corrected chi connectivity index (χ1v) is 6.90. The Bertz CT molecular complexity index is 544. The molecule has 0 aromatic heterocycles. The number of hydrogen-bond acceptors (Lipinski definition) is 4. The van der Waals surface area contributed by atoms with E-state index in [1.165, 1.54) is 4.90 Å². The van der Waals surface area contributed by atoms with Crippen molar-refractivity contribution in [3.8, 4) is 5.75 Å². The summed E-state index contributed by atoms with van der Waals surface area (Å²) < 4.78 is 10.5. The molecule has 1 N–H and O–H groups in total. The summed E-state index contributed by atoms with van der Waals surface area (Å²) in [6, 6.07) is 5.09. The third kappa shape index (κ3) is 3.33. The number of nitrogens with one attached hydrogen (secondary N) is 1. The van der Waals surface area contributed by atoms with Gasteiger partial charge in [-0.15, -0.1) is 0 Å². The van der Waals surface area contributed by atoms with E-state index in [-0.39, 0.29) is 11.8 Å². The van der Waals surface area contributed by atoms with Crippen molar-refractivity contribution in [1.82, 2.24) is 5.32 Å². The maximum absolute atomic E-state index is 12.0. The zero-order valence-corrected chi connectivity index (χ0v) is 12.5. The topological polar surface area (TPSA) is 67.9 Å². The maximum atomic E-state index is 12.0. The highest BCUT2D eigenvalue weighted by Crippen LogP contribution is 2.33. The third-order valence-electron chi connectivity index (χ3n) is 3.38. The molecule has 1 atom stereocenters. The SMILES string of the molecule is COCCCNC(=O)c1ccc2c(c1)N(C)C(=O)C(C)O2. The summed E-state index contributed by atoms with van der Waals surface area (Å²) in [5, 5.41) is 2.81. The van der Waals surface area contributed by atoms with Crippen molar-refractivity contribution < 1.29 is 19.1 Å². The quantitative estimate of drug-likeness (QED) is 0.828. The van der Waals surface area contributed by atoms with Crippen LogP contribution in [0.1, 0.15) is 23.7 Å². The van der Waals surface area contributed by atoms with E-state index in [1.807, 2.05) is 0 Å². The van der Waals surface area contributed by atoms with Crippen molar-refractivity contribution >= 4 is 17.5 Å². The molecule has 6 heteroatoms. The first-order chi connectivity index (χ1) is 10.0. The van der Waals surface area contributed by atoms with Gasteiger partial charge >= 0.3 is 0 Å². The highest BCUT2D eigenvalue weighted by Gasteiger charge is 2.29. The zero-order valence-electron chi connectivity index (χ0n) is 12.5. The molecule has 114 valence electrons. The molecule has 1 aliphatic rings. The van der Waals surface area contributed by atoms with E-state index in [2.05, 4.69) is 5.32 Å². The Kier molecular flexibility index (Phi) is 4.80. The second-order valence-electron chi connectivity index (χ2n) is 4.94. The molecule has 1 aromatic rings. The molecule has 0 fully saturated rings. The van der Waals surface area contributed by atoms with Crippen LogP contribution < -0.4 is 15.0 Å². The number of likely N-dealkylation sites (N-methyl/N-ethyl adjacent to an activating group) is 1. The van der Waals surface area contributed by atoms with Crippen LogP contribution in [0.15, 0.2) is 18.2 Å². The van der Waals surface area contributed by atoms with Crippen LogP contribution in [-0.4, -0.2) is 45.2 Å². The number of nitrogens with zero attached hydrogens (tertiary/aromatic N) is 1. The molecule has 1 aliphatic heterocycles. The fourth-order valence-corrected chi connectivity index (χ4v) is 2.17. The molecule has 0 radical (unpaired) electrons. The lowest BCUT2D eigenvalue weighted by Gasteiger charge is -2.30. The number of amides is 2. The lowest BCUT2D eigenvalue weighted by Crippen LogP contribution is -2.42. The fourth-order valence-electron chi connectivity index (χ4n) is 2.17. The predicted molar refractivity (Wildman–Crippen MR) is 78.8 cm³/mol. The zero-order chi connectivity index (χ0) is 15.4. The number of carbonyl (C=O) groups excluding carboxylic acids is 2. The van der Waals surface area contributed by atoms with Gasteiger partial charge in [-0.25, -0.2) is 0 Å². The Labute approximate surface area is 124 Å². The van der Waals surface area contributed by atoms with Gasteiger partial charge in [0, 0.05) is 32.9 Å². The summed E-state index contributed by atoms with van der Waals surface area (Å²) in [5.41, 5.74) is 1.12. The van der Waals surface area contributed by atoms with Gasteiger partial charge in [-0.05, 0) is 31.5 Å². The number of benzene rings is 1. The van der Waals surface area contributed by atoms with Crippen LogP contribution in [0.2, 0.25) is 0 Å². The summed E-state index contributed by atoms with van der Waals surface area (Å²) in [4.78, 5) is 25.5. The minimum Gasteiger partial charge on any atom is -0.479 e. The van der Waals surface area contributed by atoms with E-state index in [1.54, 1.807) is 39.3 Å². The molecule has 0 saturated heterocycles. The Morgan fingerprint density at radius 3 is 2.95 bits per heavy atom. The van der Waals surface area contributed by atoms with Crippen LogP contribution in [0.3, 0.4) is 0 Å². The van der Waals surface area contributed by atoms with Crippen molar-refractivity contribution in [3.63, 3.8) is 0 Å². The van der Waals surface area contributed by atoms with Crippen molar-refractivity contribution in [2.75, 3.05) is 32.2 Å². The van der Waals surface area contributed by atoms with Crippen LogP contribution in [0, 0.1) is 0 Å². The maximum Gasteiger partial charge on any atom is 0.267 e. The number of ether oxygens (including phenoxy) is 2. The van der Waals surface area contributed by atoms with E-state index in [9.17, 15) is 9.59 Å². The number of carbonyl (C=O) groups is 2. The average Bonchev–Trinajstić information content (AvgIpc) is 2.49. The number of hydrogen-bond donors (Lipinski definition) is 1. The van der Waals surface area contributed by atoms with E-state index >= 15 is 0 Å². The first-order valence-electron chi connectivity index (χ1n) is 6.90. The Hall–Kier alpha value is -2.08. The number of methoxy groups -OCH3 is 1. The van der Waals surface area contributed by atoms with Gasteiger partial charge in [-0.3, -0.25) is 9.59 Å². The monoisotopic (exact) mass is 292 g/mol.